The summed E-state index contributed by atoms with van der Waals surface area (Å²) in [6.07, 6.45) is 1.70. The van der Waals surface area contributed by atoms with Crippen LogP contribution < -0.4 is 15.1 Å². The number of halogens is 1. The van der Waals surface area contributed by atoms with Crippen molar-refractivity contribution in [2.24, 2.45) is 0 Å². The summed E-state index contributed by atoms with van der Waals surface area (Å²) in [7, 11) is 0. The Bertz CT molecular complexity index is 934. The fourth-order valence-electron chi connectivity index (χ4n) is 3.43. The summed E-state index contributed by atoms with van der Waals surface area (Å²) < 4.78 is 13.1. The molecule has 0 aliphatic carbocycles. The molecule has 0 atom stereocenters. The van der Waals surface area contributed by atoms with E-state index in [2.05, 4.69) is 56.3 Å². The lowest BCUT2D eigenvalue weighted by atomic mass is 10.0. The second-order valence-electron chi connectivity index (χ2n) is 7.49. The van der Waals surface area contributed by atoms with Crippen LogP contribution in [-0.2, 0) is 0 Å². The van der Waals surface area contributed by atoms with E-state index in [9.17, 15) is 4.39 Å². The first-order chi connectivity index (χ1) is 14.1. The second-order valence-corrected chi connectivity index (χ2v) is 7.49. The smallest absolute Gasteiger partial charge is 0.249 e. The Morgan fingerprint density at radius 3 is 2.21 bits per heavy atom. The molecule has 150 valence electrons. The van der Waals surface area contributed by atoms with Gasteiger partial charge in [-0.3, -0.25) is 0 Å². The van der Waals surface area contributed by atoms with Gasteiger partial charge in [0.2, 0.25) is 5.95 Å². The summed E-state index contributed by atoms with van der Waals surface area (Å²) in [5, 5.41) is 11.5. The van der Waals surface area contributed by atoms with E-state index in [1.165, 1.54) is 17.7 Å². The Hall–Kier alpha value is -3.22. The number of nitrogens with zero attached hydrogens (tertiary/aromatic N) is 5. The Balaban J connectivity index is 1.39. The molecule has 0 radical (unpaired) electrons. The minimum Gasteiger partial charge on any atom is -0.368 e. The third-order valence-electron chi connectivity index (χ3n) is 5.18. The van der Waals surface area contributed by atoms with Gasteiger partial charge in [-0.25, -0.2) is 4.39 Å². The number of nitrogens with one attached hydrogen (secondary N) is 1. The van der Waals surface area contributed by atoms with Gasteiger partial charge in [0.05, 0.1) is 6.20 Å². The number of hydrogen-bond acceptors (Lipinski definition) is 6. The average Bonchev–Trinajstić information content (AvgIpc) is 2.75. The summed E-state index contributed by atoms with van der Waals surface area (Å²) in [5.41, 5.74) is 3.27. The van der Waals surface area contributed by atoms with Gasteiger partial charge in [0.25, 0.3) is 0 Å². The molecule has 1 saturated heterocycles. The molecule has 7 heteroatoms. The van der Waals surface area contributed by atoms with E-state index in [-0.39, 0.29) is 5.82 Å². The lowest BCUT2D eigenvalue weighted by Gasteiger charge is -2.36. The highest BCUT2D eigenvalue weighted by atomic mass is 19.1. The molecule has 1 N–H and O–H groups in total. The largest absolute Gasteiger partial charge is 0.368 e. The molecular weight excluding hydrogens is 367 g/mol. The molecule has 2 aromatic carbocycles. The van der Waals surface area contributed by atoms with E-state index in [4.69, 9.17) is 0 Å². The zero-order valence-corrected chi connectivity index (χ0v) is 16.7. The first-order valence-electron chi connectivity index (χ1n) is 9.90. The molecule has 1 aliphatic heterocycles. The maximum atomic E-state index is 13.1. The second kappa shape index (κ2) is 8.43. The number of benzene rings is 2. The van der Waals surface area contributed by atoms with Gasteiger partial charge in [-0.05, 0) is 47.9 Å². The van der Waals surface area contributed by atoms with Gasteiger partial charge in [0.15, 0.2) is 5.82 Å². The Morgan fingerprint density at radius 1 is 0.897 bits per heavy atom. The molecule has 1 aliphatic rings. The number of hydrogen-bond donors (Lipinski definition) is 1. The SMILES string of the molecule is CC(C)c1ccc(Nc2nncc(N3CCN(c4ccc(F)cc4)CC3)n2)cc1. The van der Waals surface area contributed by atoms with Crippen molar-refractivity contribution < 1.29 is 4.39 Å². The molecule has 6 nitrogen and oxygen atoms in total. The summed E-state index contributed by atoms with van der Waals surface area (Å²) in [6.45, 7) is 7.67. The van der Waals surface area contributed by atoms with Gasteiger partial charge in [0.1, 0.15) is 5.82 Å². The highest BCUT2D eigenvalue weighted by Gasteiger charge is 2.19. The van der Waals surface area contributed by atoms with E-state index >= 15 is 0 Å². The fraction of sp³-hybridized carbons (Fsp3) is 0.318. The maximum absolute atomic E-state index is 13.1. The molecule has 4 rings (SSSR count). The van der Waals surface area contributed by atoms with Gasteiger partial charge >= 0.3 is 0 Å². The van der Waals surface area contributed by atoms with Gasteiger partial charge in [0, 0.05) is 37.6 Å². The maximum Gasteiger partial charge on any atom is 0.249 e. The highest BCUT2D eigenvalue weighted by Crippen LogP contribution is 2.22. The highest BCUT2D eigenvalue weighted by molar-refractivity contribution is 5.55. The summed E-state index contributed by atoms with van der Waals surface area (Å²) >= 11 is 0. The monoisotopic (exact) mass is 392 g/mol. The van der Waals surface area contributed by atoms with Crippen LogP contribution in [0.2, 0.25) is 0 Å². The van der Waals surface area contributed by atoms with E-state index in [1.54, 1.807) is 6.20 Å². The summed E-state index contributed by atoms with van der Waals surface area (Å²) in [5.74, 6) is 1.58. The van der Waals surface area contributed by atoms with Crippen LogP contribution in [0, 0.1) is 5.82 Å². The molecule has 1 fully saturated rings. The molecule has 1 aromatic heterocycles. The Kier molecular flexibility index (Phi) is 5.55. The van der Waals surface area contributed by atoms with Crippen molar-refractivity contribution in [3.05, 3.63) is 66.1 Å². The normalized spacial score (nSPS) is 14.3. The minimum atomic E-state index is -0.210. The van der Waals surface area contributed by atoms with Crippen molar-refractivity contribution in [1.29, 1.82) is 0 Å². The number of piperazine rings is 1. The lowest BCUT2D eigenvalue weighted by Crippen LogP contribution is -2.46. The van der Waals surface area contributed by atoms with E-state index in [0.717, 1.165) is 43.4 Å². The minimum absolute atomic E-state index is 0.210. The third-order valence-corrected chi connectivity index (χ3v) is 5.18. The van der Waals surface area contributed by atoms with E-state index in [1.807, 2.05) is 24.3 Å². The first kappa shape index (κ1) is 19.1. The van der Waals surface area contributed by atoms with Crippen LogP contribution in [0.1, 0.15) is 25.3 Å². The molecule has 0 unspecified atom stereocenters. The predicted molar refractivity (Wildman–Crippen MR) is 114 cm³/mol. The average molecular weight is 392 g/mol. The third kappa shape index (κ3) is 4.62. The van der Waals surface area contributed by atoms with Crippen molar-refractivity contribution in [2.45, 2.75) is 19.8 Å². The zero-order chi connectivity index (χ0) is 20.2. The van der Waals surface area contributed by atoms with Crippen LogP contribution in [0.5, 0.6) is 0 Å². The van der Waals surface area contributed by atoms with Gasteiger partial charge in [-0.15, -0.1) is 5.10 Å². The van der Waals surface area contributed by atoms with Gasteiger partial charge in [-0.1, -0.05) is 26.0 Å². The van der Waals surface area contributed by atoms with Crippen LogP contribution in [0.3, 0.4) is 0 Å². The van der Waals surface area contributed by atoms with Crippen LogP contribution in [0.25, 0.3) is 0 Å². The molecule has 0 saturated carbocycles. The summed E-state index contributed by atoms with van der Waals surface area (Å²) in [4.78, 5) is 9.08. The van der Waals surface area contributed by atoms with Crippen molar-refractivity contribution in [3.63, 3.8) is 0 Å². The quantitative estimate of drug-likeness (QED) is 0.702. The molecule has 0 amide bonds. The van der Waals surface area contributed by atoms with Crippen LogP contribution in [0.4, 0.5) is 27.5 Å². The molecule has 0 spiro atoms. The van der Waals surface area contributed by atoms with Crippen LogP contribution >= 0.6 is 0 Å². The molecule has 0 bridgehead atoms. The predicted octanol–water partition coefficient (Wildman–Crippen LogP) is 4.20. The van der Waals surface area contributed by atoms with Gasteiger partial charge in [-0.2, -0.15) is 10.1 Å². The Morgan fingerprint density at radius 2 is 1.55 bits per heavy atom. The molecule has 2 heterocycles. The molecule has 3 aromatic rings. The number of rotatable bonds is 5. The van der Waals surface area contributed by atoms with E-state index in [0.29, 0.717) is 11.9 Å². The Labute approximate surface area is 170 Å². The lowest BCUT2D eigenvalue weighted by molar-refractivity contribution is 0.624. The fourth-order valence-corrected chi connectivity index (χ4v) is 3.43. The summed E-state index contributed by atoms with van der Waals surface area (Å²) in [6, 6.07) is 14.9. The number of anilines is 4. The van der Waals surface area contributed by atoms with Crippen LogP contribution in [0.15, 0.2) is 54.7 Å². The van der Waals surface area contributed by atoms with Crippen molar-refractivity contribution >= 4 is 23.1 Å². The van der Waals surface area contributed by atoms with Crippen molar-refractivity contribution in [2.75, 3.05) is 41.3 Å². The molecular formula is C22H25FN6. The number of aromatic nitrogens is 3. The van der Waals surface area contributed by atoms with E-state index < -0.39 is 0 Å². The van der Waals surface area contributed by atoms with Crippen molar-refractivity contribution in [1.82, 2.24) is 15.2 Å². The van der Waals surface area contributed by atoms with Crippen LogP contribution in [-0.4, -0.2) is 41.4 Å². The molecule has 29 heavy (non-hydrogen) atoms. The standard InChI is InChI=1S/C22H25FN6/c1-16(2)17-3-7-19(8-4-17)25-22-26-21(15-24-27-22)29-13-11-28(12-14-29)20-9-5-18(23)6-10-20/h3-10,15-16H,11-14H2,1-2H3,(H,25,26,27). The van der Waals surface area contributed by atoms with Crippen molar-refractivity contribution in [3.8, 4) is 0 Å². The first-order valence-corrected chi connectivity index (χ1v) is 9.90. The topological polar surface area (TPSA) is 57.2 Å². The van der Waals surface area contributed by atoms with Gasteiger partial charge < -0.3 is 15.1 Å². The zero-order valence-electron chi connectivity index (χ0n) is 16.7.